The molecule has 0 aliphatic carbocycles. The topological polar surface area (TPSA) is 95.8 Å². The Bertz CT molecular complexity index is 2450. The molecule has 0 unspecified atom stereocenters. The van der Waals surface area contributed by atoms with Gasteiger partial charge in [0, 0.05) is 33.0 Å². The molecule has 6 aromatic carbocycles. The van der Waals surface area contributed by atoms with E-state index >= 15 is 0 Å². The second-order valence-corrected chi connectivity index (χ2v) is 11.4. The molecule has 6 heteroatoms. The zero-order valence-corrected chi connectivity index (χ0v) is 25.7. The number of hydrogen-bond acceptors (Lipinski definition) is 6. The van der Waals surface area contributed by atoms with Gasteiger partial charge in [0.25, 0.3) is 0 Å². The van der Waals surface area contributed by atoms with Crippen LogP contribution in [0.3, 0.4) is 0 Å². The minimum atomic E-state index is -0.224. The molecule has 48 heavy (non-hydrogen) atoms. The van der Waals surface area contributed by atoms with Gasteiger partial charge >= 0.3 is 0 Å². The Morgan fingerprint density at radius 2 is 1.15 bits per heavy atom. The summed E-state index contributed by atoms with van der Waals surface area (Å²) in [6.45, 7) is 0. The van der Waals surface area contributed by atoms with Crippen LogP contribution in [-0.4, -0.2) is 21.8 Å². The summed E-state index contributed by atoms with van der Waals surface area (Å²) < 4.78 is 12.0. The molecular formula is C42H28N4O2. The largest absolute Gasteiger partial charge is 0.455 e. The number of benzene rings is 6. The van der Waals surface area contributed by atoms with Gasteiger partial charge in [-0.3, -0.25) is 10.8 Å². The molecule has 8 rings (SSSR count). The van der Waals surface area contributed by atoms with E-state index in [1.165, 1.54) is 0 Å². The number of rotatable bonds is 6. The van der Waals surface area contributed by atoms with Crippen LogP contribution >= 0.6 is 0 Å². The molecule has 8 aromatic rings. The molecule has 0 saturated heterocycles. The zero-order chi connectivity index (χ0) is 32.5. The van der Waals surface area contributed by atoms with Gasteiger partial charge < -0.3 is 9.15 Å². The van der Waals surface area contributed by atoms with Crippen molar-refractivity contribution < 1.29 is 9.15 Å². The summed E-state index contributed by atoms with van der Waals surface area (Å²) in [6.07, 6.45) is 0. The van der Waals surface area contributed by atoms with E-state index < -0.39 is 0 Å². The molecule has 2 aromatic heterocycles. The number of nitrogens with one attached hydrogen (secondary N) is 2. The van der Waals surface area contributed by atoms with E-state index in [2.05, 4.69) is 65.6 Å². The summed E-state index contributed by atoms with van der Waals surface area (Å²) >= 11 is 0. The van der Waals surface area contributed by atoms with Gasteiger partial charge in [0.1, 0.15) is 16.9 Å². The molecule has 0 radical (unpaired) electrons. The third-order valence-electron chi connectivity index (χ3n) is 8.32. The molecule has 2 heterocycles. The van der Waals surface area contributed by atoms with Crippen molar-refractivity contribution in [1.29, 1.82) is 10.8 Å². The lowest BCUT2D eigenvalue weighted by Crippen LogP contribution is -2.15. The van der Waals surface area contributed by atoms with Gasteiger partial charge in [-0.05, 0) is 47.0 Å². The van der Waals surface area contributed by atoms with Gasteiger partial charge in [0.15, 0.2) is 5.82 Å². The Labute approximate surface area is 277 Å². The SMILES string of the molecule is N=C(OC(=N)c1cc(-c2ccc(-c3cccc(-c4cccc5c4oc4ccccc45)c3)cc2)nc(-c2ccccc2)n1)c1ccccc1. The molecule has 0 spiro atoms. The van der Waals surface area contributed by atoms with E-state index in [0.717, 1.165) is 55.3 Å². The highest BCUT2D eigenvalue weighted by Gasteiger charge is 2.16. The molecule has 0 saturated carbocycles. The van der Waals surface area contributed by atoms with Crippen LogP contribution in [-0.2, 0) is 4.74 Å². The lowest BCUT2D eigenvalue weighted by Gasteiger charge is -2.12. The van der Waals surface area contributed by atoms with Crippen molar-refractivity contribution in [2.24, 2.45) is 0 Å². The number of fused-ring (bicyclic) bond motifs is 3. The lowest BCUT2D eigenvalue weighted by molar-refractivity contribution is 0.535. The fourth-order valence-corrected chi connectivity index (χ4v) is 5.90. The second-order valence-electron chi connectivity index (χ2n) is 11.4. The molecule has 0 fully saturated rings. The van der Waals surface area contributed by atoms with Crippen molar-refractivity contribution in [2.45, 2.75) is 0 Å². The van der Waals surface area contributed by atoms with Crippen molar-refractivity contribution in [3.05, 3.63) is 169 Å². The third-order valence-corrected chi connectivity index (χ3v) is 8.32. The van der Waals surface area contributed by atoms with E-state index in [0.29, 0.717) is 17.1 Å². The molecule has 6 nitrogen and oxygen atoms in total. The van der Waals surface area contributed by atoms with Crippen LogP contribution in [0.25, 0.3) is 66.8 Å². The summed E-state index contributed by atoms with van der Waals surface area (Å²) in [5.74, 6) is 0.127. The van der Waals surface area contributed by atoms with E-state index in [-0.39, 0.29) is 17.5 Å². The molecule has 0 aliphatic heterocycles. The van der Waals surface area contributed by atoms with Crippen molar-refractivity contribution in [2.75, 3.05) is 0 Å². The first-order chi connectivity index (χ1) is 23.6. The average Bonchev–Trinajstić information content (AvgIpc) is 3.54. The molecule has 0 bridgehead atoms. The van der Waals surface area contributed by atoms with Gasteiger partial charge in [-0.15, -0.1) is 0 Å². The maximum Gasteiger partial charge on any atom is 0.240 e. The highest BCUT2D eigenvalue weighted by atomic mass is 16.5. The molecule has 0 atom stereocenters. The summed E-state index contributed by atoms with van der Waals surface area (Å²) in [5, 5.41) is 19.3. The van der Waals surface area contributed by atoms with Crippen molar-refractivity contribution >= 4 is 33.7 Å². The van der Waals surface area contributed by atoms with Crippen molar-refractivity contribution in [1.82, 2.24) is 9.97 Å². The van der Waals surface area contributed by atoms with Crippen LogP contribution in [0.2, 0.25) is 0 Å². The van der Waals surface area contributed by atoms with Crippen LogP contribution in [0.5, 0.6) is 0 Å². The van der Waals surface area contributed by atoms with Gasteiger partial charge in [-0.2, -0.15) is 0 Å². The maximum absolute atomic E-state index is 8.69. The van der Waals surface area contributed by atoms with Crippen LogP contribution in [0.4, 0.5) is 0 Å². The lowest BCUT2D eigenvalue weighted by atomic mass is 9.97. The van der Waals surface area contributed by atoms with Crippen LogP contribution < -0.4 is 0 Å². The Kier molecular flexibility index (Phi) is 7.36. The second kappa shape index (κ2) is 12.3. The first-order valence-corrected chi connectivity index (χ1v) is 15.6. The van der Waals surface area contributed by atoms with E-state index in [1.54, 1.807) is 18.2 Å². The number of hydrogen-bond donors (Lipinski definition) is 2. The number of para-hydroxylation sites is 2. The first kappa shape index (κ1) is 28.8. The Morgan fingerprint density at radius 3 is 1.96 bits per heavy atom. The number of ether oxygens (including phenoxy) is 1. The van der Waals surface area contributed by atoms with E-state index in [4.69, 9.17) is 25.0 Å². The van der Waals surface area contributed by atoms with Crippen LogP contribution in [0, 0.1) is 10.8 Å². The third kappa shape index (κ3) is 5.52. The highest BCUT2D eigenvalue weighted by molar-refractivity contribution is 6.09. The standard InChI is InChI=1S/C42H28N4O2/c43-40(29-11-3-1-4-12-29)48-41(44)37-26-36(45-42(46-37)30-13-5-2-6-14-30)28-23-21-27(22-24-28)31-15-9-16-32(25-31)33-18-10-19-35-34-17-7-8-20-38(34)47-39(33)35/h1-26,43-44H. The number of aromatic nitrogens is 2. The van der Waals surface area contributed by atoms with Crippen molar-refractivity contribution in [3.63, 3.8) is 0 Å². The predicted octanol–water partition coefficient (Wildman–Crippen LogP) is 10.4. The summed E-state index contributed by atoms with van der Waals surface area (Å²) in [5.41, 5.74) is 9.23. The monoisotopic (exact) mass is 620 g/mol. The normalized spacial score (nSPS) is 11.1. The number of nitrogens with zero attached hydrogens (tertiary/aromatic N) is 2. The quantitative estimate of drug-likeness (QED) is 0.143. The average molecular weight is 621 g/mol. The highest BCUT2D eigenvalue weighted by Crippen LogP contribution is 2.37. The molecule has 0 amide bonds. The van der Waals surface area contributed by atoms with Gasteiger partial charge in [0.05, 0.1) is 5.69 Å². The van der Waals surface area contributed by atoms with Crippen LogP contribution in [0.15, 0.2) is 162 Å². The van der Waals surface area contributed by atoms with Gasteiger partial charge in [-0.25, -0.2) is 9.97 Å². The Hall–Kier alpha value is -6.66. The minimum absolute atomic E-state index is 0.120. The van der Waals surface area contributed by atoms with Gasteiger partial charge in [-0.1, -0.05) is 127 Å². The summed E-state index contributed by atoms with van der Waals surface area (Å²) in [6, 6.07) is 51.6. The Balaban J connectivity index is 1.12. The minimum Gasteiger partial charge on any atom is -0.455 e. The number of furan rings is 1. The maximum atomic E-state index is 8.69. The molecule has 2 N–H and O–H groups in total. The van der Waals surface area contributed by atoms with E-state index in [1.807, 2.05) is 78.9 Å². The zero-order valence-electron chi connectivity index (χ0n) is 25.7. The first-order valence-electron chi connectivity index (χ1n) is 15.6. The van der Waals surface area contributed by atoms with Crippen LogP contribution in [0.1, 0.15) is 11.3 Å². The fraction of sp³-hybridized carbons (Fsp3) is 0. The predicted molar refractivity (Wildman–Crippen MR) is 192 cm³/mol. The molecule has 228 valence electrons. The van der Waals surface area contributed by atoms with E-state index in [9.17, 15) is 0 Å². The van der Waals surface area contributed by atoms with Crippen molar-refractivity contribution in [3.8, 4) is 44.9 Å². The molecule has 0 aliphatic rings. The molecular weight excluding hydrogens is 592 g/mol. The smallest absolute Gasteiger partial charge is 0.240 e. The fourth-order valence-electron chi connectivity index (χ4n) is 5.90. The summed E-state index contributed by atoms with van der Waals surface area (Å²) in [4.78, 5) is 9.52. The Morgan fingerprint density at radius 1 is 0.500 bits per heavy atom. The van der Waals surface area contributed by atoms with Gasteiger partial charge in [0.2, 0.25) is 11.8 Å². The summed E-state index contributed by atoms with van der Waals surface area (Å²) in [7, 11) is 0.